The number of benzene rings is 3. The molecule has 1 heterocycles. The van der Waals surface area contributed by atoms with Crippen molar-refractivity contribution in [3.05, 3.63) is 95.7 Å². The maximum absolute atomic E-state index is 11.5. The van der Waals surface area contributed by atoms with E-state index in [-0.39, 0.29) is 11.3 Å². The summed E-state index contributed by atoms with van der Waals surface area (Å²) >= 11 is 0. The van der Waals surface area contributed by atoms with Crippen LogP contribution >= 0.6 is 0 Å². The summed E-state index contributed by atoms with van der Waals surface area (Å²) in [5, 5.41) is 15.2. The molecule has 7 nitrogen and oxygen atoms in total. The van der Waals surface area contributed by atoms with Crippen molar-refractivity contribution in [1.29, 1.82) is 0 Å². The van der Waals surface area contributed by atoms with Gasteiger partial charge in [0.25, 0.3) is 0 Å². The first kappa shape index (κ1) is 22.9. The molecule has 0 amide bonds. The van der Waals surface area contributed by atoms with Gasteiger partial charge in [0.2, 0.25) is 0 Å². The van der Waals surface area contributed by atoms with Gasteiger partial charge in [0, 0.05) is 29.9 Å². The van der Waals surface area contributed by atoms with Crippen LogP contribution in [0.4, 0.5) is 0 Å². The Morgan fingerprint density at radius 3 is 2.59 bits per heavy atom. The molecule has 0 unspecified atom stereocenters. The van der Waals surface area contributed by atoms with Crippen LogP contribution < -0.4 is 4.74 Å². The zero-order chi connectivity index (χ0) is 23.8. The molecule has 0 saturated heterocycles. The van der Waals surface area contributed by atoms with Crippen LogP contribution in [0.1, 0.15) is 28.0 Å². The van der Waals surface area contributed by atoms with Crippen molar-refractivity contribution in [1.82, 2.24) is 4.57 Å². The minimum atomic E-state index is -0.599. The molecule has 4 aromatic rings. The molecule has 0 atom stereocenters. The van der Waals surface area contributed by atoms with Crippen LogP contribution in [0.25, 0.3) is 10.9 Å². The monoisotopic (exact) mass is 458 g/mol. The van der Waals surface area contributed by atoms with Crippen LogP contribution in [-0.2, 0) is 16.1 Å². The number of hydrogen-bond acceptors (Lipinski definition) is 6. The second-order valence-electron chi connectivity index (χ2n) is 7.64. The summed E-state index contributed by atoms with van der Waals surface area (Å²) < 4.78 is 12.4. The lowest BCUT2D eigenvalue weighted by Crippen LogP contribution is -2.05. The van der Waals surface area contributed by atoms with Crippen LogP contribution in [0.15, 0.2) is 84.0 Å². The number of para-hydroxylation sites is 1. The van der Waals surface area contributed by atoms with Gasteiger partial charge in [-0.05, 0) is 29.8 Å². The third-order valence-corrected chi connectivity index (χ3v) is 5.31. The Kier molecular flexibility index (Phi) is 7.45. The summed E-state index contributed by atoms with van der Waals surface area (Å²) in [5.74, 6) is -0.326. The van der Waals surface area contributed by atoms with Gasteiger partial charge in [-0.2, -0.15) is 0 Å². The average Bonchev–Trinajstić information content (AvgIpc) is 3.21. The number of carbonyl (C=O) groups is 1. The molecule has 0 aliphatic rings. The summed E-state index contributed by atoms with van der Waals surface area (Å²) in [6, 6.07) is 25.1. The fourth-order valence-corrected chi connectivity index (χ4v) is 3.62. The highest BCUT2D eigenvalue weighted by molar-refractivity contribution is 5.92. The number of methoxy groups -OCH3 is 1. The first-order valence-corrected chi connectivity index (χ1v) is 11.0. The molecule has 1 N–H and O–H groups in total. The number of carbonyl (C=O) groups excluding carboxylic acids is 1. The number of phenols is 1. The van der Waals surface area contributed by atoms with Crippen molar-refractivity contribution in [2.24, 2.45) is 5.16 Å². The highest BCUT2D eigenvalue weighted by Crippen LogP contribution is 2.24. The number of rotatable bonds is 10. The summed E-state index contributed by atoms with van der Waals surface area (Å²) in [7, 11) is 1.26. The van der Waals surface area contributed by atoms with E-state index in [4.69, 9.17) is 9.57 Å². The lowest BCUT2D eigenvalue weighted by molar-refractivity contribution is 0.0597. The van der Waals surface area contributed by atoms with E-state index in [1.54, 1.807) is 12.3 Å². The third-order valence-electron chi connectivity index (χ3n) is 5.31. The van der Waals surface area contributed by atoms with Crippen molar-refractivity contribution >= 4 is 23.1 Å². The van der Waals surface area contributed by atoms with Gasteiger partial charge in [-0.3, -0.25) is 0 Å². The van der Waals surface area contributed by atoms with Crippen molar-refractivity contribution in [2.45, 2.75) is 13.0 Å². The number of aromatic hydroxyl groups is 1. The fourth-order valence-electron chi connectivity index (χ4n) is 3.62. The highest BCUT2D eigenvalue weighted by Gasteiger charge is 2.12. The Morgan fingerprint density at radius 2 is 1.79 bits per heavy atom. The van der Waals surface area contributed by atoms with E-state index < -0.39 is 5.97 Å². The van der Waals surface area contributed by atoms with E-state index in [1.807, 2.05) is 30.3 Å². The molecule has 174 valence electrons. The minimum Gasteiger partial charge on any atom is -0.507 e. The SMILES string of the molecule is COC(=O)c1ccc(OCCCON=Cc2cc3ccccc3n2Cc2ccccc2)cc1O. The number of fused-ring (bicyclic) bond motifs is 1. The third kappa shape index (κ3) is 5.56. The Hall–Kier alpha value is -4.26. The largest absolute Gasteiger partial charge is 0.507 e. The molecule has 0 aliphatic carbocycles. The standard InChI is InChI=1S/C27H26N2O5/c1-32-27(31)24-13-12-23(17-26(24)30)33-14-7-15-34-28-18-22-16-21-10-5-6-11-25(21)29(22)19-20-8-3-2-4-9-20/h2-6,8-13,16-18,30H,7,14-15,19H2,1H3. The van der Waals surface area contributed by atoms with Crippen LogP contribution in [-0.4, -0.2) is 42.2 Å². The first-order chi connectivity index (χ1) is 16.7. The van der Waals surface area contributed by atoms with Gasteiger partial charge in [0.05, 0.1) is 25.6 Å². The number of hydrogen-bond donors (Lipinski definition) is 1. The number of aromatic nitrogens is 1. The fraction of sp³-hybridized carbons (Fsp3) is 0.185. The second-order valence-corrected chi connectivity index (χ2v) is 7.64. The van der Waals surface area contributed by atoms with Gasteiger partial charge in [0.1, 0.15) is 23.7 Å². The molecule has 7 heteroatoms. The van der Waals surface area contributed by atoms with E-state index in [9.17, 15) is 9.90 Å². The zero-order valence-corrected chi connectivity index (χ0v) is 18.9. The van der Waals surface area contributed by atoms with Crippen molar-refractivity contribution in [3.63, 3.8) is 0 Å². The van der Waals surface area contributed by atoms with Crippen LogP contribution in [0.5, 0.6) is 11.5 Å². The first-order valence-electron chi connectivity index (χ1n) is 11.0. The predicted molar refractivity (Wildman–Crippen MR) is 131 cm³/mol. The summed E-state index contributed by atoms with van der Waals surface area (Å²) in [6.07, 6.45) is 2.33. The lowest BCUT2D eigenvalue weighted by Gasteiger charge is -2.09. The van der Waals surface area contributed by atoms with E-state index in [1.165, 1.54) is 24.8 Å². The zero-order valence-electron chi connectivity index (χ0n) is 18.9. The lowest BCUT2D eigenvalue weighted by atomic mass is 10.2. The molecule has 0 radical (unpaired) electrons. The number of esters is 1. The number of phenolic OH excluding ortho intramolecular Hbond substituents is 1. The quantitative estimate of drug-likeness (QED) is 0.156. The van der Waals surface area contributed by atoms with Crippen LogP contribution in [0.2, 0.25) is 0 Å². The highest BCUT2D eigenvalue weighted by atomic mass is 16.6. The Balaban J connectivity index is 1.30. The molecular formula is C27H26N2O5. The molecule has 0 saturated carbocycles. The van der Waals surface area contributed by atoms with E-state index in [0.717, 1.165) is 23.1 Å². The minimum absolute atomic E-state index is 0.0946. The maximum Gasteiger partial charge on any atom is 0.341 e. The summed E-state index contributed by atoms with van der Waals surface area (Å²) in [5.41, 5.74) is 3.41. The molecule has 1 aromatic heterocycles. The van der Waals surface area contributed by atoms with E-state index >= 15 is 0 Å². The van der Waals surface area contributed by atoms with Gasteiger partial charge >= 0.3 is 5.97 Å². The van der Waals surface area contributed by atoms with E-state index in [2.05, 4.69) is 44.8 Å². The Morgan fingerprint density at radius 1 is 1.00 bits per heavy atom. The molecule has 4 rings (SSSR count). The number of oxime groups is 1. The topological polar surface area (TPSA) is 82.3 Å². The molecule has 0 fully saturated rings. The molecule has 34 heavy (non-hydrogen) atoms. The Bertz CT molecular complexity index is 1280. The van der Waals surface area contributed by atoms with Gasteiger partial charge in [-0.25, -0.2) is 4.79 Å². The molecular weight excluding hydrogens is 432 g/mol. The van der Waals surface area contributed by atoms with Gasteiger partial charge < -0.3 is 24.0 Å². The second kappa shape index (κ2) is 11.0. The molecule has 3 aromatic carbocycles. The summed E-state index contributed by atoms with van der Waals surface area (Å²) in [6.45, 7) is 1.49. The summed E-state index contributed by atoms with van der Waals surface area (Å²) in [4.78, 5) is 16.9. The van der Waals surface area contributed by atoms with Crippen molar-refractivity contribution < 1.29 is 24.2 Å². The Labute approximate surface area is 197 Å². The smallest absolute Gasteiger partial charge is 0.341 e. The van der Waals surface area contributed by atoms with Gasteiger partial charge in [0.15, 0.2) is 0 Å². The maximum atomic E-state index is 11.5. The molecule has 0 aliphatic heterocycles. The number of nitrogens with zero attached hydrogens (tertiary/aromatic N) is 2. The van der Waals surface area contributed by atoms with E-state index in [0.29, 0.717) is 25.4 Å². The van der Waals surface area contributed by atoms with Crippen LogP contribution in [0.3, 0.4) is 0 Å². The van der Waals surface area contributed by atoms with Gasteiger partial charge in [-0.1, -0.05) is 53.7 Å². The van der Waals surface area contributed by atoms with Crippen molar-refractivity contribution in [2.75, 3.05) is 20.3 Å². The molecule has 0 bridgehead atoms. The average molecular weight is 459 g/mol. The number of ether oxygens (including phenoxy) is 2. The predicted octanol–water partition coefficient (Wildman–Crippen LogP) is 5.00. The van der Waals surface area contributed by atoms with Gasteiger partial charge in [-0.15, -0.1) is 0 Å². The van der Waals surface area contributed by atoms with Crippen molar-refractivity contribution in [3.8, 4) is 11.5 Å². The van der Waals surface area contributed by atoms with Crippen LogP contribution in [0, 0.1) is 0 Å². The molecule has 0 spiro atoms. The normalized spacial score (nSPS) is 11.1.